The lowest BCUT2D eigenvalue weighted by Crippen LogP contribution is -2.51. The van der Waals surface area contributed by atoms with Crippen LogP contribution in [0.1, 0.15) is 68.5 Å². The number of imidazole rings is 1. The monoisotopic (exact) mass is 519 g/mol. The second-order valence-corrected chi connectivity index (χ2v) is 19.5. The van der Waals surface area contributed by atoms with Crippen LogP contribution in [0.25, 0.3) is 11.2 Å². The Morgan fingerprint density at radius 3 is 2.20 bits per heavy atom. The van der Waals surface area contributed by atoms with E-state index in [2.05, 4.69) is 90.4 Å². The number of rotatable bonds is 5. The van der Waals surface area contributed by atoms with Crippen LogP contribution in [0.3, 0.4) is 0 Å². The van der Waals surface area contributed by atoms with Gasteiger partial charge in [0, 0.05) is 0 Å². The molecule has 0 amide bonds. The van der Waals surface area contributed by atoms with Crippen molar-refractivity contribution >= 4 is 34.8 Å². The highest BCUT2D eigenvalue weighted by atomic mass is 28.4. The molecule has 0 aliphatic carbocycles. The molecule has 4 rings (SSSR count). The molecule has 2 aromatic heterocycles. The highest BCUT2D eigenvalue weighted by molar-refractivity contribution is 6.74. The molecule has 9 nitrogen and oxygen atoms in total. The number of nitrogens with zero attached hydrogens (tertiary/aromatic N) is 4. The van der Waals surface area contributed by atoms with Gasteiger partial charge in [0.2, 0.25) is 0 Å². The number of anilines is 1. The maximum Gasteiger partial charge on any atom is 0.192 e. The Morgan fingerprint density at radius 1 is 1.00 bits per heavy atom. The number of hydrogen-bond acceptors (Lipinski definition) is 8. The number of nitrogens with two attached hydrogens (primary N) is 1. The molecule has 2 aliphatic heterocycles. The summed E-state index contributed by atoms with van der Waals surface area (Å²) in [5, 5.41) is -0.580. The first-order valence-corrected chi connectivity index (χ1v) is 16.3. The van der Waals surface area contributed by atoms with Gasteiger partial charge in [-0.1, -0.05) is 20.8 Å². The molecule has 1 spiro atoms. The van der Waals surface area contributed by atoms with Crippen LogP contribution in [0, 0.1) is 0 Å². The zero-order valence-corrected chi connectivity index (χ0v) is 25.0. The van der Waals surface area contributed by atoms with E-state index in [1.807, 2.05) is 4.57 Å². The zero-order chi connectivity index (χ0) is 26.2. The van der Waals surface area contributed by atoms with E-state index in [0.29, 0.717) is 26.5 Å². The fourth-order valence-electron chi connectivity index (χ4n) is 4.13. The maximum atomic E-state index is 7.11. The normalized spacial score (nSPS) is 29.9. The van der Waals surface area contributed by atoms with Crippen molar-refractivity contribution in [1.29, 1.82) is 0 Å². The summed E-state index contributed by atoms with van der Waals surface area (Å²) in [6.07, 6.45) is 2.00. The van der Waals surface area contributed by atoms with Crippen molar-refractivity contribution in [3.63, 3.8) is 0 Å². The van der Waals surface area contributed by atoms with Crippen LogP contribution in [-0.2, 0) is 18.6 Å². The fourth-order valence-corrected chi connectivity index (χ4v) is 7.01. The van der Waals surface area contributed by atoms with Crippen LogP contribution in [0.15, 0.2) is 12.7 Å². The predicted molar refractivity (Wildman–Crippen MR) is 140 cm³/mol. The molecule has 0 saturated carbocycles. The number of fused-ring (bicyclic) bond motifs is 1. The Morgan fingerprint density at radius 2 is 1.63 bits per heavy atom. The molecule has 0 aromatic carbocycles. The number of hydrogen-bond donors (Lipinski definition) is 1. The SMILES string of the molecule is CC(C)(C)OC1[Si][C@@]12O[C@@H](n1cnc3c(N)ncnc31)[C@H](O[Si](C)(C)C(C)(C)C)[C@@H]2OC(C)(C)C. The summed E-state index contributed by atoms with van der Waals surface area (Å²) in [4.78, 5) is 13.1. The molecule has 2 saturated heterocycles. The molecule has 4 heterocycles. The van der Waals surface area contributed by atoms with Crippen molar-refractivity contribution in [1.82, 2.24) is 19.5 Å². The summed E-state index contributed by atoms with van der Waals surface area (Å²) in [7, 11) is -1.78. The Kier molecular flexibility index (Phi) is 6.34. The fraction of sp³-hybridized carbons (Fsp3) is 0.792. The summed E-state index contributed by atoms with van der Waals surface area (Å²) in [6.45, 7) is 23.7. The Labute approximate surface area is 212 Å². The van der Waals surface area contributed by atoms with Crippen LogP contribution in [0.2, 0.25) is 18.1 Å². The van der Waals surface area contributed by atoms with Crippen LogP contribution in [0.4, 0.5) is 5.82 Å². The molecule has 5 atom stereocenters. The van der Waals surface area contributed by atoms with Crippen molar-refractivity contribution in [3.05, 3.63) is 12.7 Å². The van der Waals surface area contributed by atoms with E-state index < -0.39 is 25.4 Å². The molecule has 1 unspecified atom stereocenters. The van der Waals surface area contributed by atoms with Gasteiger partial charge in [-0.15, -0.1) is 0 Å². The molecule has 2 radical (unpaired) electrons. The van der Waals surface area contributed by atoms with E-state index in [1.165, 1.54) is 6.33 Å². The smallest absolute Gasteiger partial charge is 0.192 e. The first-order chi connectivity index (χ1) is 15.8. The number of ether oxygens (including phenoxy) is 3. The third kappa shape index (κ3) is 5.08. The molecule has 35 heavy (non-hydrogen) atoms. The summed E-state index contributed by atoms with van der Waals surface area (Å²) < 4.78 is 29.2. The topological polar surface area (TPSA) is 107 Å². The molecular weight excluding hydrogens is 478 g/mol. The number of aromatic nitrogens is 4. The average molecular weight is 520 g/mol. The third-order valence-electron chi connectivity index (χ3n) is 6.83. The molecule has 194 valence electrons. The minimum atomic E-state index is -2.21. The lowest BCUT2D eigenvalue weighted by molar-refractivity contribution is -0.139. The minimum absolute atomic E-state index is 0.0103. The second-order valence-electron chi connectivity index (χ2n) is 13.1. The van der Waals surface area contributed by atoms with E-state index in [0.717, 1.165) is 0 Å². The Hall–Kier alpha value is -1.38. The van der Waals surface area contributed by atoms with E-state index in [4.69, 9.17) is 24.4 Å². The maximum absolute atomic E-state index is 7.11. The third-order valence-corrected chi connectivity index (χ3v) is 12.9. The van der Waals surface area contributed by atoms with E-state index in [9.17, 15) is 0 Å². The van der Waals surface area contributed by atoms with Crippen molar-refractivity contribution in [3.8, 4) is 0 Å². The van der Waals surface area contributed by atoms with Gasteiger partial charge in [-0.2, -0.15) is 0 Å². The highest BCUT2D eigenvalue weighted by Gasteiger charge is 2.73. The van der Waals surface area contributed by atoms with Gasteiger partial charge in [0.1, 0.15) is 38.8 Å². The van der Waals surface area contributed by atoms with Gasteiger partial charge < -0.3 is 24.4 Å². The van der Waals surface area contributed by atoms with E-state index >= 15 is 0 Å². The first-order valence-electron chi connectivity index (χ1n) is 12.3. The summed E-state index contributed by atoms with van der Waals surface area (Å²) in [6, 6.07) is 0. The van der Waals surface area contributed by atoms with Crippen LogP contribution in [-0.4, -0.2) is 71.7 Å². The van der Waals surface area contributed by atoms with Gasteiger partial charge in [0.05, 0.1) is 23.3 Å². The lowest BCUT2D eigenvalue weighted by Gasteiger charge is -2.41. The van der Waals surface area contributed by atoms with Crippen molar-refractivity contribution in [2.24, 2.45) is 0 Å². The van der Waals surface area contributed by atoms with Gasteiger partial charge in [-0.3, -0.25) is 4.57 Å². The van der Waals surface area contributed by atoms with E-state index in [1.54, 1.807) is 6.33 Å². The van der Waals surface area contributed by atoms with Gasteiger partial charge in [-0.05, 0) is 59.7 Å². The highest BCUT2D eigenvalue weighted by Crippen LogP contribution is 2.54. The second kappa shape index (κ2) is 8.32. The first kappa shape index (κ1) is 26.7. The average Bonchev–Trinajstić information content (AvgIpc) is 3.01. The van der Waals surface area contributed by atoms with Gasteiger partial charge in [0.15, 0.2) is 26.0 Å². The number of nitrogen functional groups attached to an aromatic ring is 1. The molecule has 2 aliphatic rings. The molecular formula is C24H41N5O4Si2. The van der Waals surface area contributed by atoms with E-state index in [-0.39, 0.29) is 28.6 Å². The van der Waals surface area contributed by atoms with Crippen molar-refractivity contribution in [2.45, 2.75) is 121 Å². The molecule has 2 fully saturated rings. The molecule has 0 bridgehead atoms. The van der Waals surface area contributed by atoms with Crippen LogP contribution in [0.5, 0.6) is 0 Å². The van der Waals surface area contributed by atoms with Crippen molar-refractivity contribution < 1.29 is 18.6 Å². The summed E-state index contributed by atoms with van der Waals surface area (Å²) in [5.74, 6) is 0.341. The van der Waals surface area contributed by atoms with Gasteiger partial charge in [0.25, 0.3) is 0 Å². The molecule has 2 aromatic rings. The van der Waals surface area contributed by atoms with Gasteiger partial charge in [-0.25, -0.2) is 15.0 Å². The summed E-state index contributed by atoms with van der Waals surface area (Å²) in [5.41, 5.74) is 6.51. The molecule has 2 N–H and O–H groups in total. The molecule has 11 heteroatoms. The Balaban J connectivity index is 1.82. The predicted octanol–water partition coefficient (Wildman–Crippen LogP) is 4.07. The minimum Gasteiger partial charge on any atom is -0.407 e. The van der Waals surface area contributed by atoms with Gasteiger partial charge >= 0.3 is 0 Å². The lowest BCUT2D eigenvalue weighted by atomic mass is 10.1. The standard InChI is InChI=1S/C24H41N5O4Si2/c1-21(2,3)30-16-15(33-35(10,11)23(7,8)9)19(31-24(16)20(34-24)32-22(4,5)6)29-13-28-14-17(25)26-12-27-18(14)29/h12-13,15-16,19-20H,1-11H3,(H2,25,26,27)/t15-,16+,19-,20?,24-/m1/s1. The zero-order valence-electron chi connectivity index (χ0n) is 23.0. The van der Waals surface area contributed by atoms with Crippen molar-refractivity contribution in [2.75, 3.05) is 5.73 Å². The Bertz CT molecular complexity index is 1090. The van der Waals surface area contributed by atoms with Crippen LogP contribution >= 0.6 is 0 Å². The summed E-state index contributed by atoms with van der Waals surface area (Å²) >= 11 is 0. The quantitative estimate of drug-likeness (QED) is 0.589. The van der Waals surface area contributed by atoms with Crippen LogP contribution < -0.4 is 5.73 Å². The largest absolute Gasteiger partial charge is 0.407 e.